The van der Waals surface area contributed by atoms with Gasteiger partial charge in [-0.1, -0.05) is 31.9 Å². The van der Waals surface area contributed by atoms with Crippen LogP contribution >= 0.6 is 0 Å². The van der Waals surface area contributed by atoms with Crippen LogP contribution in [0.4, 0.5) is 0 Å². The van der Waals surface area contributed by atoms with E-state index in [-0.39, 0.29) is 11.3 Å². The Balaban J connectivity index is 2.26. The van der Waals surface area contributed by atoms with E-state index in [0.29, 0.717) is 25.2 Å². The molecule has 0 saturated heterocycles. The van der Waals surface area contributed by atoms with Gasteiger partial charge in [0.1, 0.15) is 16.7 Å². The minimum Gasteiger partial charge on any atom is -0.492 e. The Bertz CT molecular complexity index is 626. The monoisotopic (exact) mass is 313 g/mol. The molecule has 2 rings (SSSR count). The van der Waals surface area contributed by atoms with Gasteiger partial charge in [-0.05, 0) is 18.1 Å². The predicted molar refractivity (Wildman–Crippen MR) is 76.9 cm³/mol. The molecule has 6 nitrogen and oxygen atoms in total. The quantitative estimate of drug-likeness (QED) is 0.796. The molecule has 0 saturated carbocycles. The highest BCUT2D eigenvalue weighted by molar-refractivity contribution is 7.89. The fourth-order valence-corrected chi connectivity index (χ4v) is 3.70. The molecule has 7 heteroatoms. The lowest BCUT2D eigenvalue weighted by molar-refractivity contribution is -0.139. The van der Waals surface area contributed by atoms with Crippen LogP contribution in [-0.2, 0) is 21.2 Å². The number of aliphatic carboxylic acids is 1. The van der Waals surface area contributed by atoms with Crippen molar-refractivity contribution in [3.8, 4) is 5.75 Å². The summed E-state index contributed by atoms with van der Waals surface area (Å²) in [5, 5.41) is 9.15. The molecule has 1 aromatic rings. The number of carbonyl (C=O) groups is 1. The molecule has 0 radical (unpaired) electrons. The lowest BCUT2D eigenvalue weighted by Gasteiger charge is -2.15. The van der Waals surface area contributed by atoms with Gasteiger partial charge in [0.2, 0.25) is 10.0 Å². The lowest BCUT2D eigenvalue weighted by atomic mass is 10.1. The Hall–Kier alpha value is -1.60. The largest absolute Gasteiger partial charge is 0.492 e. The van der Waals surface area contributed by atoms with Crippen LogP contribution in [0.25, 0.3) is 0 Å². The first-order chi connectivity index (χ1) is 9.95. The fourth-order valence-electron chi connectivity index (χ4n) is 2.29. The van der Waals surface area contributed by atoms with Crippen LogP contribution in [-0.4, -0.2) is 32.1 Å². The van der Waals surface area contributed by atoms with Gasteiger partial charge in [-0.15, -0.1) is 0 Å². The van der Waals surface area contributed by atoms with Crippen molar-refractivity contribution in [1.29, 1.82) is 0 Å². The Labute approximate surface area is 124 Å². The van der Waals surface area contributed by atoms with Crippen molar-refractivity contribution in [3.63, 3.8) is 0 Å². The number of nitrogens with one attached hydrogen (secondary N) is 1. The molecule has 1 aliphatic rings. The van der Waals surface area contributed by atoms with Crippen LogP contribution in [0.3, 0.4) is 0 Å². The summed E-state index contributed by atoms with van der Waals surface area (Å²) in [5.74, 6) is -0.829. The molecular weight excluding hydrogens is 294 g/mol. The molecule has 0 spiro atoms. The van der Waals surface area contributed by atoms with Crippen LogP contribution in [0.1, 0.15) is 31.7 Å². The molecule has 1 atom stereocenters. The van der Waals surface area contributed by atoms with E-state index in [9.17, 15) is 13.2 Å². The summed E-state index contributed by atoms with van der Waals surface area (Å²) >= 11 is 0. The highest BCUT2D eigenvalue weighted by Gasteiger charge is 2.29. The minimum atomic E-state index is -3.92. The molecule has 116 valence electrons. The van der Waals surface area contributed by atoms with Crippen molar-refractivity contribution in [1.82, 2.24) is 4.72 Å². The summed E-state index contributed by atoms with van der Waals surface area (Å²) in [6, 6.07) is 3.77. The molecule has 1 heterocycles. The van der Waals surface area contributed by atoms with Gasteiger partial charge in [0.15, 0.2) is 0 Å². The van der Waals surface area contributed by atoms with Crippen LogP contribution in [0.2, 0.25) is 0 Å². The van der Waals surface area contributed by atoms with E-state index in [1.54, 1.807) is 6.07 Å². The molecule has 21 heavy (non-hydrogen) atoms. The molecule has 0 bridgehead atoms. The van der Waals surface area contributed by atoms with Crippen molar-refractivity contribution in [2.75, 3.05) is 6.61 Å². The van der Waals surface area contributed by atoms with Gasteiger partial charge in [-0.2, -0.15) is 4.72 Å². The van der Waals surface area contributed by atoms with Gasteiger partial charge >= 0.3 is 5.97 Å². The number of sulfonamides is 1. The Morgan fingerprint density at radius 2 is 2.24 bits per heavy atom. The maximum absolute atomic E-state index is 12.4. The second kappa shape index (κ2) is 6.44. The van der Waals surface area contributed by atoms with Crippen molar-refractivity contribution in [2.24, 2.45) is 0 Å². The topological polar surface area (TPSA) is 92.7 Å². The summed E-state index contributed by atoms with van der Waals surface area (Å²) in [5.41, 5.74) is 0.832. The summed E-state index contributed by atoms with van der Waals surface area (Å²) in [4.78, 5) is 11.2. The number of rotatable bonds is 7. The maximum atomic E-state index is 12.4. The third kappa shape index (κ3) is 3.54. The summed E-state index contributed by atoms with van der Waals surface area (Å²) in [6.07, 6.45) is 2.37. The number of fused-ring (bicyclic) bond motifs is 1. The lowest BCUT2D eigenvalue weighted by Crippen LogP contribution is -2.40. The van der Waals surface area contributed by atoms with Crippen LogP contribution in [0.15, 0.2) is 23.1 Å². The molecule has 0 unspecified atom stereocenters. The predicted octanol–water partition coefficient (Wildman–Crippen LogP) is 1.54. The van der Waals surface area contributed by atoms with E-state index in [4.69, 9.17) is 9.84 Å². The van der Waals surface area contributed by atoms with Crippen molar-refractivity contribution in [3.05, 3.63) is 23.8 Å². The van der Waals surface area contributed by atoms with Crippen LogP contribution in [0, 0.1) is 0 Å². The molecule has 0 aromatic heterocycles. The number of hydrogen-bond acceptors (Lipinski definition) is 4. The Morgan fingerprint density at radius 1 is 1.48 bits per heavy atom. The summed E-state index contributed by atoms with van der Waals surface area (Å²) in [7, 11) is -3.92. The second-order valence-corrected chi connectivity index (χ2v) is 6.68. The average Bonchev–Trinajstić information content (AvgIpc) is 2.91. The number of benzene rings is 1. The molecule has 1 aromatic carbocycles. The number of ether oxygens (including phenoxy) is 1. The van der Waals surface area contributed by atoms with Crippen LogP contribution in [0.5, 0.6) is 5.75 Å². The van der Waals surface area contributed by atoms with Crippen molar-refractivity contribution >= 4 is 16.0 Å². The molecule has 0 aliphatic carbocycles. The molecular formula is C14H19NO5S. The van der Waals surface area contributed by atoms with Gasteiger partial charge in [-0.25, -0.2) is 8.42 Å². The van der Waals surface area contributed by atoms with E-state index >= 15 is 0 Å². The highest BCUT2D eigenvalue weighted by atomic mass is 32.2. The Morgan fingerprint density at radius 3 is 2.90 bits per heavy atom. The standard InChI is InChI=1S/C14H19NO5S/c1-2-3-6-11(14(16)17)15-21(18,19)12-7-4-5-10-8-9-20-13(10)12/h4-5,7,11,15H,2-3,6,8-9H2,1H3,(H,16,17)/t11-/m0/s1. The maximum Gasteiger partial charge on any atom is 0.321 e. The zero-order chi connectivity index (χ0) is 15.5. The molecule has 0 amide bonds. The third-order valence-corrected chi connectivity index (χ3v) is 4.90. The van der Waals surface area contributed by atoms with E-state index < -0.39 is 22.0 Å². The minimum absolute atomic E-state index is 0.0141. The first kappa shape index (κ1) is 15.8. The summed E-state index contributed by atoms with van der Waals surface area (Å²) in [6.45, 7) is 2.37. The fraction of sp³-hybridized carbons (Fsp3) is 0.500. The normalized spacial score (nSPS) is 15.3. The van der Waals surface area contributed by atoms with Gasteiger partial charge < -0.3 is 9.84 Å². The first-order valence-electron chi connectivity index (χ1n) is 6.95. The van der Waals surface area contributed by atoms with Gasteiger partial charge in [0.25, 0.3) is 0 Å². The van der Waals surface area contributed by atoms with Gasteiger partial charge in [0, 0.05) is 6.42 Å². The van der Waals surface area contributed by atoms with Crippen LogP contribution < -0.4 is 9.46 Å². The van der Waals surface area contributed by atoms with E-state index in [0.717, 1.165) is 12.0 Å². The van der Waals surface area contributed by atoms with Crippen molar-refractivity contribution in [2.45, 2.75) is 43.5 Å². The number of carboxylic acids is 1. The first-order valence-corrected chi connectivity index (χ1v) is 8.44. The number of hydrogen-bond donors (Lipinski definition) is 2. The smallest absolute Gasteiger partial charge is 0.321 e. The Kier molecular flexibility index (Phi) is 4.84. The van der Waals surface area contributed by atoms with E-state index in [2.05, 4.69) is 4.72 Å². The van der Waals surface area contributed by atoms with Crippen molar-refractivity contribution < 1.29 is 23.1 Å². The molecule has 0 fully saturated rings. The number of carboxylic acid groups (broad SMARTS) is 1. The molecule has 1 aliphatic heterocycles. The van der Waals surface area contributed by atoms with E-state index in [1.807, 2.05) is 13.0 Å². The van der Waals surface area contributed by atoms with E-state index in [1.165, 1.54) is 6.07 Å². The SMILES string of the molecule is CCCC[C@H](NS(=O)(=O)c1cccc2c1OCC2)C(=O)O. The zero-order valence-corrected chi connectivity index (χ0v) is 12.6. The third-order valence-electron chi connectivity index (χ3n) is 3.41. The highest BCUT2D eigenvalue weighted by Crippen LogP contribution is 2.32. The van der Waals surface area contributed by atoms with Gasteiger partial charge in [-0.3, -0.25) is 4.79 Å². The number of unbranched alkanes of at least 4 members (excludes halogenated alkanes) is 1. The van der Waals surface area contributed by atoms with Gasteiger partial charge in [0.05, 0.1) is 6.61 Å². The zero-order valence-electron chi connectivity index (χ0n) is 11.8. The molecule has 2 N–H and O–H groups in total. The average molecular weight is 313 g/mol. The number of para-hydroxylation sites is 1. The summed E-state index contributed by atoms with van der Waals surface area (Å²) < 4.78 is 32.5. The second-order valence-electron chi connectivity index (χ2n) is 5.00.